The van der Waals surface area contributed by atoms with Gasteiger partial charge in [-0.15, -0.1) is 0 Å². The molecule has 0 aromatic heterocycles. The molecule has 0 saturated carbocycles. The van der Waals surface area contributed by atoms with Crippen LogP contribution in [0.5, 0.6) is 5.75 Å². The zero-order chi connectivity index (χ0) is 30.7. The van der Waals surface area contributed by atoms with Crippen molar-refractivity contribution < 1.29 is 19.1 Å². The number of piperidine rings is 1. The first kappa shape index (κ1) is 30.6. The number of hydrazone groups is 1. The zero-order valence-corrected chi connectivity index (χ0v) is 25.0. The van der Waals surface area contributed by atoms with E-state index in [1.807, 2.05) is 42.5 Å². The van der Waals surface area contributed by atoms with Gasteiger partial charge in [-0.1, -0.05) is 61.0 Å². The molecule has 5 rings (SSSR count). The summed E-state index contributed by atoms with van der Waals surface area (Å²) in [4.78, 5) is 46.1. The van der Waals surface area contributed by atoms with Gasteiger partial charge in [0.05, 0.1) is 23.9 Å². The third-order valence-corrected chi connectivity index (χ3v) is 7.51. The predicted molar refractivity (Wildman–Crippen MR) is 170 cm³/mol. The average Bonchev–Trinajstić information content (AvgIpc) is 3.28. The van der Waals surface area contributed by atoms with E-state index in [0.717, 1.165) is 35.8 Å². The lowest BCUT2D eigenvalue weighted by Gasteiger charge is -2.26. The Kier molecular flexibility index (Phi) is 10.5. The first-order chi connectivity index (χ1) is 21.5. The molecule has 1 saturated heterocycles. The molecule has 3 aromatic rings. The van der Waals surface area contributed by atoms with Gasteiger partial charge in [0.1, 0.15) is 12.3 Å². The Morgan fingerprint density at radius 2 is 1.64 bits per heavy atom. The van der Waals surface area contributed by atoms with E-state index in [9.17, 15) is 14.4 Å². The van der Waals surface area contributed by atoms with Gasteiger partial charge in [0, 0.05) is 20.1 Å². The van der Waals surface area contributed by atoms with Gasteiger partial charge in [0.15, 0.2) is 0 Å². The normalized spacial score (nSPS) is 15.5. The summed E-state index contributed by atoms with van der Waals surface area (Å²) in [6.45, 7) is 3.68. The number of rotatable bonds is 11. The van der Waals surface area contributed by atoms with E-state index < -0.39 is 24.3 Å². The lowest BCUT2D eigenvalue weighted by Crippen LogP contribution is -2.39. The second-order valence-corrected chi connectivity index (χ2v) is 10.9. The SMILES string of the molecule is CN(N=Cc1ccccc1)C(=NC(=O)CN1C(=O)c2ccccc2C1=O)NCCCOc1cccc(CN2CCCCC2)c1. The van der Waals surface area contributed by atoms with Crippen molar-refractivity contribution in [1.82, 2.24) is 20.1 Å². The fourth-order valence-corrected chi connectivity index (χ4v) is 5.22. The van der Waals surface area contributed by atoms with E-state index >= 15 is 0 Å². The minimum atomic E-state index is -0.648. The zero-order valence-electron chi connectivity index (χ0n) is 25.0. The number of imide groups is 1. The lowest BCUT2D eigenvalue weighted by atomic mass is 10.1. The molecule has 3 amide bonds. The van der Waals surface area contributed by atoms with E-state index in [0.29, 0.717) is 19.6 Å². The van der Waals surface area contributed by atoms with Crippen molar-refractivity contribution in [2.75, 3.05) is 39.8 Å². The fourth-order valence-electron chi connectivity index (χ4n) is 5.22. The van der Waals surface area contributed by atoms with E-state index in [1.54, 1.807) is 37.5 Å². The van der Waals surface area contributed by atoms with Crippen LogP contribution < -0.4 is 10.1 Å². The number of hydrogen-bond donors (Lipinski definition) is 1. The monoisotopic (exact) mass is 594 g/mol. The van der Waals surface area contributed by atoms with Crippen LogP contribution in [-0.2, 0) is 11.3 Å². The Morgan fingerprint density at radius 1 is 0.932 bits per heavy atom. The summed E-state index contributed by atoms with van der Waals surface area (Å²) in [5, 5.41) is 9.05. The van der Waals surface area contributed by atoms with Crippen LogP contribution in [0.1, 0.15) is 57.5 Å². The smallest absolute Gasteiger partial charge is 0.269 e. The highest BCUT2D eigenvalue weighted by atomic mass is 16.5. The van der Waals surface area contributed by atoms with Gasteiger partial charge >= 0.3 is 0 Å². The predicted octanol–water partition coefficient (Wildman–Crippen LogP) is 4.18. The highest BCUT2D eigenvalue weighted by Crippen LogP contribution is 2.22. The molecule has 0 radical (unpaired) electrons. The summed E-state index contributed by atoms with van der Waals surface area (Å²) < 4.78 is 6.02. The van der Waals surface area contributed by atoms with Crippen molar-refractivity contribution in [3.63, 3.8) is 0 Å². The van der Waals surface area contributed by atoms with Gasteiger partial charge in [-0.2, -0.15) is 10.1 Å². The minimum Gasteiger partial charge on any atom is -0.494 e. The topological polar surface area (TPSA) is 107 Å². The number of aliphatic imine (C=N–C) groups is 1. The Bertz CT molecular complexity index is 1480. The fraction of sp³-hybridized carbons (Fsp3) is 0.324. The van der Waals surface area contributed by atoms with E-state index in [1.165, 1.54) is 29.8 Å². The van der Waals surface area contributed by atoms with Crippen molar-refractivity contribution in [3.8, 4) is 5.75 Å². The third-order valence-electron chi connectivity index (χ3n) is 7.51. The maximum Gasteiger partial charge on any atom is 0.269 e. The summed E-state index contributed by atoms with van der Waals surface area (Å²) >= 11 is 0. The molecule has 0 bridgehead atoms. The molecular weight excluding hydrogens is 556 g/mol. The number of fused-ring (bicyclic) bond motifs is 1. The van der Waals surface area contributed by atoms with Crippen LogP contribution in [0.3, 0.4) is 0 Å². The second kappa shape index (κ2) is 15.1. The molecule has 0 unspecified atom stereocenters. The number of hydrogen-bond acceptors (Lipinski definition) is 6. The minimum absolute atomic E-state index is 0.197. The Hall–Kier alpha value is -4.83. The number of guanidine groups is 1. The number of nitrogens with one attached hydrogen (secondary N) is 1. The molecule has 10 nitrogen and oxygen atoms in total. The van der Waals surface area contributed by atoms with Gasteiger partial charge < -0.3 is 10.1 Å². The number of benzene rings is 3. The number of ether oxygens (including phenoxy) is 1. The molecule has 44 heavy (non-hydrogen) atoms. The molecular formula is C34H38N6O4. The molecule has 2 aliphatic heterocycles. The molecule has 1 fully saturated rings. The van der Waals surface area contributed by atoms with Crippen molar-refractivity contribution in [2.45, 2.75) is 32.2 Å². The van der Waals surface area contributed by atoms with Crippen LogP contribution in [0.2, 0.25) is 0 Å². The summed E-state index contributed by atoms with van der Waals surface area (Å²) in [5.41, 5.74) is 2.70. The molecule has 0 aliphatic carbocycles. The van der Waals surface area contributed by atoms with Crippen LogP contribution in [0.25, 0.3) is 0 Å². The number of amides is 3. The summed E-state index contributed by atoms with van der Waals surface area (Å²) in [5.74, 6) is -0.630. The maximum atomic E-state index is 13.0. The molecule has 2 aliphatic rings. The number of carbonyl (C=O) groups is 3. The van der Waals surface area contributed by atoms with E-state index in [4.69, 9.17) is 4.74 Å². The van der Waals surface area contributed by atoms with E-state index in [2.05, 4.69) is 32.4 Å². The van der Waals surface area contributed by atoms with Gasteiger partial charge in [-0.25, -0.2) is 5.01 Å². The second-order valence-electron chi connectivity index (χ2n) is 10.9. The quantitative estimate of drug-likeness (QED) is 0.117. The Labute approximate surface area is 258 Å². The number of nitrogens with zero attached hydrogens (tertiary/aromatic N) is 5. The van der Waals surface area contributed by atoms with Crippen LogP contribution in [-0.4, -0.2) is 84.5 Å². The van der Waals surface area contributed by atoms with Crippen LogP contribution in [0, 0.1) is 0 Å². The van der Waals surface area contributed by atoms with Gasteiger partial charge in [-0.05, 0) is 67.7 Å². The largest absolute Gasteiger partial charge is 0.494 e. The lowest BCUT2D eigenvalue weighted by molar-refractivity contribution is -0.118. The standard InChI is InChI=1S/C34H38N6O4/c1-38(36-23-26-12-4-2-5-13-26)34(37-31(41)25-40-32(42)29-16-6-7-17-30(29)33(40)43)35-18-11-21-44-28-15-10-14-27(22-28)24-39-19-8-3-9-20-39/h2,4-7,10,12-17,22-23H,3,8-9,11,18-21,24-25H2,1H3,(H,35,37,41). The molecule has 2 heterocycles. The van der Waals surface area contributed by atoms with Crippen molar-refractivity contribution in [1.29, 1.82) is 0 Å². The summed E-state index contributed by atoms with van der Waals surface area (Å²) in [6.07, 6.45) is 6.13. The summed E-state index contributed by atoms with van der Waals surface area (Å²) in [6, 6.07) is 24.3. The first-order valence-corrected chi connectivity index (χ1v) is 15.1. The van der Waals surface area contributed by atoms with Gasteiger partial charge in [-0.3, -0.25) is 24.2 Å². The Morgan fingerprint density at radius 3 is 2.36 bits per heavy atom. The molecule has 3 aromatic carbocycles. The molecule has 228 valence electrons. The highest BCUT2D eigenvalue weighted by molar-refractivity contribution is 6.22. The van der Waals surface area contributed by atoms with Crippen LogP contribution in [0.4, 0.5) is 0 Å². The first-order valence-electron chi connectivity index (χ1n) is 15.1. The average molecular weight is 595 g/mol. The molecule has 1 N–H and O–H groups in total. The van der Waals surface area contributed by atoms with Crippen molar-refractivity contribution >= 4 is 29.9 Å². The third kappa shape index (κ3) is 8.17. The molecule has 0 atom stereocenters. The van der Waals surface area contributed by atoms with Gasteiger partial charge in [0.2, 0.25) is 5.96 Å². The van der Waals surface area contributed by atoms with Crippen molar-refractivity contribution in [3.05, 3.63) is 101 Å². The highest BCUT2D eigenvalue weighted by Gasteiger charge is 2.36. The molecule has 0 spiro atoms. The number of carbonyl (C=O) groups excluding carboxylic acids is 3. The van der Waals surface area contributed by atoms with Gasteiger partial charge in [0.25, 0.3) is 17.7 Å². The van der Waals surface area contributed by atoms with Crippen LogP contribution >= 0.6 is 0 Å². The van der Waals surface area contributed by atoms with Crippen LogP contribution in [0.15, 0.2) is 89.0 Å². The Balaban J connectivity index is 1.18. The maximum absolute atomic E-state index is 13.0. The van der Waals surface area contributed by atoms with Crippen molar-refractivity contribution in [2.24, 2.45) is 10.1 Å². The number of likely N-dealkylation sites (tertiary alicyclic amines) is 1. The molecule has 10 heteroatoms. The summed E-state index contributed by atoms with van der Waals surface area (Å²) in [7, 11) is 1.67. The van der Waals surface area contributed by atoms with E-state index in [-0.39, 0.29) is 17.1 Å².